The zero-order valence-electron chi connectivity index (χ0n) is 9.59. The van der Waals surface area contributed by atoms with E-state index in [1.807, 2.05) is 0 Å². The summed E-state index contributed by atoms with van der Waals surface area (Å²) in [5.74, 6) is 0. The lowest BCUT2D eigenvalue weighted by Crippen LogP contribution is -2.49. The van der Waals surface area contributed by atoms with E-state index in [0.29, 0.717) is 4.75 Å². The predicted molar refractivity (Wildman–Crippen MR) is 65.0 cm³/mol. The highest BCUT2D eigenvalue weighted by molar-refractivity contribution is 8.00. The third-order valence-corrected chi connectivity index (χ3v) is 5.56. The highest BCUT2D eigenvalue weighted by Gasteiger charge is 2.39. The molecular formula is C12H23NS. The topological polar surface area (TPSA) is 3.24 Å². The van der Waals surface area contributed by atoms with Crippen LogP contribution < -0.4 is 0 Å². The van der Waals surface area contributed by atoms with Crippen LogP contribution in [-0.2, 0) is 0 Å². The SMILES string of the molecule is CS[C@]1(C)CCCC[C@H]1N1CCCC1. The molecule has 0 amide bonds. The van der Waals surface area contributed by atoms with Crippen LogP contribution in [0.3, 0.4) is 0 Å². The molecule has 0 aromatic heterocycles. The summed E-state index contributed by atoms with van der Waals surface area (Å²) in [5, 5.41) is 0. The number of likely N-dealkylation sites (tertiary alicyclic amines) is 1. The lowest BCUT2D eigenvalue weighted by Gasteiger charge is -2.45. The van der Waals surface area contributed by atoms with Gasteiger partial charge in [0, 0.05) is 10.8 Å². The largest absolute Gasteiger partial charge is 0.299 e. The zero-order valence-corrected chi connectivity index (χ0v) is 10.4. The highest BCUT2D eigenvalue weighted by atomic mass is 32.2. The van der Waals surface area contributed by atoms with Gasteiger partial charge in [0.15, 0.2) is 0 Å². The molecule has 1 saturated heterocycles. The van der Waals surface area contributed by atoms with Crippen molar-refractivity contribution in [2.45, 2.75) is 56.2 Å². The van der Waals surface area contributed by atoms with Crippen molar-refractivity contribution >= 4 is 11.8 Å². The van der Waals surface area contributed by atoms with Gasteiger partial charge in [-0.3, -0.25) is 4.90 Å². The summed E-state index contributed by atoms with van der Waals surface area (Å²) in [5.41, 5.74) is 0. The van der Waals surface area contributed by atoms with Crippen molar-refractivity contribution in [1.82, 2.24) is 4.90 Å². The van der Waals surface area contributed by atoms with Gasteiger partial charge in [0.05, 0.1) is 0 Å². The van der Waals surface area contributed by atoms with E-state index in [1.165, 1.54) is 51.6 Å². The van der Waals surface area contributed by atoms with Crippen LogP contribution in [0.5, 0.6) is 0 Å². The van der Waals surface area contributed by atoms with Gasteiger partial charge in [-0.25, -0.2) is 0 Å². The van der Waals surface area contributed by atoms with Crippen molar-refractivity contribution in [3.05, 3.63) is 0 Å². The molecule has 14 heavy (non-hydrogen) atoms. The summed E-state index contributed by atoms with van der Waals surface area (Å²) < 4.78 is 0.544. The standard InChI is InChI=1S/C12H23NS/c1-12(14-2)8-4-3-7-11(12)13-9-5-6-10-13/h11H,3-10H2,1-2H3/t11-,12-/m1/s1. The molecule has 1 aliphatic heterocycles. The first-order valence-corrected chi connectivity index (χ1v) is 7.28. The fourth-order valence-electron chi connectivity index (χ4n) is 3.15. The Kier molecular flexibility index (Phi) is 3.43. The van der Waals surface area contributed by atoms with E-state index in [-0.39, 0.29) is 0 Å². The van der Waals surface area contributed by atoms with Gasteiger partial charge in [-0.2, -0.15) is 11.8 Å². The third kappa shape index (κ3) is 1.96. The van der Waals surface area contributed by atoms with E-state index in [4.69, 9.17) is 0 Å². The van der Waals surface area contributed by atoms with Gasteiger partial charge in [0.25, 0.3) is 0 Å². The molecule has 2 rings (SSSR count). The van der Waals surface area contributed by atoms with E-state index < -0.39 is 0 Å². The zero-order chi connectivity index (χ0) is 10.0. The highest BCUT2D eigenvalue weighted by Crippen LogP contribution is 2.41. The summed E-state index contributed by atoms with van der Waals surface area (Å²) in [7, 11) is 0. The quantitative estimate of drug-likeness (QED) is 0.693. The molecule has 0 bridgehead atoms. The maximum atomic E-state index is 2.76. The smallest absolute Gasteiger partial charge is 0.0284 e. The van der Waals surface area contributed by atoms with Crippen molar-refractivity contribution in [3.63, 3.8) is 0 Å². The van der Waals surface area contributed by atoms with Crippen LogP contribution in [0.25, 0.3) is 0 Å². The van der Waals surface area contributed by atoms with Gasteiger partial charge >= 0.3 is 0 Å². The first-order valence-electron chi connectivity index (χ1n) is 6.05. The molecule has 82 valence electrons. The Balaban J connectivity index is 2.05. The average Bonchev–Trinajstić information content (AvgIpc) is 2.71. The second kappa shape index (κ2) is 4.44. The van der Waals surface area contributed by atoms with Gasteiger partial charge in [-0.05, 0) is 52.0 Å². The molecule has 1 saturated carbocycles. The van der Waals surface area contributed by atoms with Crippen LogP contribution in [0.15, 0.2) is 0 Å². The molecule has 1 aliphatic carbocycles. The molecule has 0 spiro atoms. The maximum absolute atomic E-state index is 2.76. The second-order valence-electron chi connectivity index (χ2n) is 5.02. The van der Waals surface area contributed by atoms with E-state index in [1.54, 1.807) is 0 Å². The van der Waals surface area contributed by atoms with Crippen molar-refractivity contribution < 1.29 is 0 Å². The number of nitrogens with zero attached hydrogens (tertiary/aromatic N) is 1. The number of hydrogen-bond donors (Lipinski definition) is 0. The molecule has 1 nitrogen and oxygen atoms in total. The first-order chi connectivity index (χ1) is 6.76. The van der Waals surface area contributed by atoms with Crippen LogP contribution in [0.2, 0.25) is 0 Å². The molecule has 2 heteroatoms. The van der Waals surface area contributed by atoms with Gasteiger partial charge in [-0.1, -0.05) is 12.8 Å². The Morgan fingerprint density at radius 1 is 1.14 bits per heavy atom. The summed E-state index contributed by atoms with van der Waals surface area (Å²) >= 11 is 2.10. The van der Waals surface area contributed by atoms with Gasteiger partial charge in [0.2, 0.25) is 0 Å². The minimum Gasteiger partial charge on any atom is -0.299 e. The molecule has 0 aromatic carbocycles. The predicted octanol–water partition coefficient (Wildman–Crippen LogP) is 3.15. The normalized spacial score (nSPS) is 40.3. The fraction of sp³-hybridized carbons (Fsp3) is 1.00. The van der Waals surface area contributed by atoms with Crippen molar-refractivity contribution in [3.8, 4) is 0 Å². The molecule has 2 fully saturated rings. The summed E-state index contributed by atoms with van der Waals surface area (Å²) in [4.78, 5) is 2.76. The molecule has 1 heterocycles. The minimum atomic E-state index is 0.544. The Hall–Kier alpha value is 0.310. The Labute approximate surface area is 92.6 Å². The molecular weight excluding hydrogens is 190 g/mol. The summed E-state index contributed by atoms with van der Waals surface area (Å²) in [6, 6.07) is 0.869. The fourth-order valence-corrected chi connectivity index (χ4v) is 4.03. The van der Waals surface area contributed by atoms with Crippen LogP contribution in [0, 0.1) is 0 Å². The van der Waals surface area contributed by atoms with Gasteiger partial charge in [0.1, 0.15) is 0 Å². The molecule has 0 unspecified atom stereocenters. The van der Waals surface area contributed by atoms with Crippen molar-refractivity contribution in [2.24, 2.45) is 0 Å². The third-order valence-electron chi connectivity index (χ3n) is 4.15. The van der Waals surface area contributed by atoms with Gasteiger partial charge in [-0.15, -0.1) is 0 Å². The van der Waals surface area contributed by atoms with Crippen LogP contribution in [-0.4, -0.2) is 35.0 Å². The Morgan fingerprint density at radius 3 is 2.50 bits per heavy atom. The average molecular weight is 213 g/mol. The van der Waals surface area contributed by atoms with Crippen LogP contribution >= 0.6 is 11.8 Å². The van der Waals surface area contributed by atoms with Crippen LogP contribution in [0.1, 0.15) is 45.4 Å². The number of hydrogen-bond acceptors (Lipinski definition) is 2. The van der Waals surface area contributed by atoms with E-state index in [0.717, 1.165) is 6.04 Å². The van der Waals surface area contributed by atoms with E-state index in [9.17, 15) is 0 Å². The van der Waals surface area contributed by atoms with Gasteiger partial charge < -0.3 is 0 Å². The van der Waals surface area contributed by atoms with Crippen molar-refractivity contribution in [2.75, 3.05) is 19.3 Å². The molecule has 0 aromatic rings. The molecule has 2 aliphatic rings. The van der Waals surface area contributed by atoms with E-state index >= 15 is 0 Å². The molecule has 2 atom stereocenters. The molecule has 0 N–H and O–H groups in total. The maximum Gasteiger partial charge on any atom is 0.0284 e. The lowest BCUT2D eigenvalue weighted by atomic mass is 9.84. The summed E-state index contributed by atoms with van der Waals surface area (Å²) in [6.07, 6.45) is 10.9. The second-order valence-corrected chi connectivity index (χ2v) is 6.36. The Morgan fingerprint density at radius 2 is 1.86 bits per heavy atom. The number of rotatable bonds is 2. The lowest BCUT2D eigenvalue weighted by molar-refractivity contribution is 0.158. The van der Waals surface area contributed by atoms with Crippen molar-refractivity contribution in [1.29, 1.82) is 0 Å². The Bertz CT molecular complexity index is 189. The van der Waals surface area contributed by atoms with Crippen LogP contribution in [0.4, 0.5) is 0 Å². The van der Waals surface area contributed by atoms with E-state index in [2.05, 4.69) is 29.8 Å². The number of thioether (sulfide) groups is 1. The summed E-state index contributed by atoms with van der Waals surface area (Å²) in [6.45, 7) is 5.21. The monoisotopic (exact) mass is 213 g/mol. The molecule has 0 radical (unpaired) electrons. The first kappa shape index (κ1) is 10.8. The minimum absolute atomic E-state index is 0.544.